The normalized spacial score (nSPS) is 14.4. The molecule has 1 heterocycles. The fraction of sp³-hybridized carbons (Fsp3) is 0.844. The molecule has 0 radical (unpaired) electrons. The lowest BCUT2D eigenvalue weighted by Gasteiger charge is -2.25. The summed E-state index contributed by atoms with van der Waals surface area (Å²) in [5, 5.41) is 10.7. The van der Waals surface area contributed by atoms with Crippen LogP contribution in [0.15, 0.2) is 4.42 Å². The van der Waals surface area contributed by atoms with Gasteiger partial charge in [0.1, 0.15) is 23.7 Å². The number of nitrogens with one attached hydrogen (secondary N) is 3. The zero-order valence-electron chi connectivity index (χ0n) is 30.5. The Morgan fingerprint density at radius 2 is 1.35 bits per heavy atom. The number of rotatable bonds is 26. The molecule has 1 aromatic heterocycles. The highest BCUT2D eigenvalue weighted by Gasteiger charge is 2.35. The molecule has 284 valence electrons. The number of alkyl carbamates (subject to hydrolysis) is 1. The fourth-order valence-corrected chi connectivity index (χ4v) is 5.23. The maximum atomic E-state index is 13.5. The number of aromatic nitrogens is 2. The van der Waals surface area contributed by atoms with Gasteiger partial charge in [-0.1, -0.05) is 53.4 Å². The summed E-state index contributed by atoms with van der Waals surface area (Å²) in [6, 6.07) is -3.77. The average molecular weight is 722 g/mol. The van der Waals surface area contributed by atoms with Crippen molar-refractivity contribution in [1.82, 2.24) is 25.0 Å². The van der Waals surface area contributed by atoms with Crippen LogP contribution in [0.2, 0.25) is 0 Å². The van der Waals surface area contributed by atoms with Crippen molar-refractivity contribution in [3.63, 3.8) is 0 Å². The van der Waals surface area contributed by atoms with Crippen LogP contribution in [0, 0.1) is 0 Å². The van der Waals surface area contributed by atoms with Gasteiger partial charge in [-0.15, -0.1) is 10.2 Å². The minimum absolute atomic E-state index is 0.0460. The van der Waals surface area contributed by atoms with Crippen molar-refractivity contribution in [2.24, 2.45) is 0 Å². The fourth-order valence-electron chi connectivity index (χ4n) is 3.98. The molecule has 0 spiro atoms. The van der Waals surface area contributed by atoms with Crippen molar-refractivity contribution >= 4 is 28.2 Å². The number of unbranched alkanes of at least 4 members (excludes halogenated alkanes) is 4. The SMILES string of the molecule is CCCCOC[C@H](NC(=O)OC(C)(C)C)c1nnc([C@H](CC(=O)OCCCC)NS(=O)(=O)N[C@H](C(=O)OCCCC)C(C)OCCCC)o1. The smallest absolute Gasteiger partial charge is 0.408 e. The van der Waals surface area contributed by atoms with E-state index in [2.05, 4.69) is 25.0 Å². The van der Waals surface area contributed by atoms with Gasteiger partial charge in [-0.3, -0.25) is 9.59 Å². The molecule has 0 aliphatic heterocycles. The molecule has 0 bridgehead atoms. The monoisotopic (exact) mass is 721 g/mol. The Labute approximate surface area is 291 Å². The first kappa shape index (κ1) is 44.2. The first-order valence-corrected chi connectivity index (χ1v) is 18.8. The Hall–Kier alpha value is -2.86. The molecule has 17 heteroatoms. The van der Waals surface area contributed by atoms with Gasteiger partial charge in [-0.2, -0.15) is 17.9 Å². The van der Waals surface area contributed by atoms with Gasteiger partial charge in [0.25, 0.3) is 10.2 Å². The quantitative estimate of drug-likeness (QED) is 0.0682. The van der Waals surface area contributed by atoms with Crippen LogP contribution in [-0.2, 0) is 43.5 Å². The van der Waals surface area contributed by atoms with Gasteiger partial charge in [0, 0.05) is 13.2 Å². The van der Waals surface area contributed by atoms with Gasteiger partial charge in [0.05, 0.1) is 32.3 Å². The van der Waals surface area contributed by atoms with E-state index in [-0.39, 0.29) is 31.6 Å². The number of hydrogen-bond acceptors (Lipinski definition) is 13. The first-order chi connectivity index (χ1) is 23.2. The predicted octanol–water partition coefficient (Wildman–Crippen LogP) is 4.57. The molecule has 4 atom stereocenters. The van der Waals surface area contributed by atoms with Crippen LogP contribution >= 0.6 is 0 Å². The Morgan fingerprint density at radius 1 is 0.796 bits per heavy atom. The van der Waals surface area contributed by atoms with E-state index in [9.17, 15) is 22.8 Å². The van der Waals surface area contributed by atoms with Crippen molar-refractivity contribution in [2.75, 3.05) is 33.0 Å². The van der Waals surface area contributed by atoms with Gasteiger partial charge in [-0.25, -0.2) is 4.79 Å². The molecule has 0 saturated heterocycles. The number of ether oxygens (including phenoxy) is 5. The molecule has 0 aliphatic carbocycles. The zero-order valence-corrected chi connectivity index (χ0v) is 31.3. The third kappa shape index (κ3) is 19.2. The third-order valence-electron chi connectivity index (χ3n) is 6.73. The summed E-state index contributed by atoms with van der Waals surface area (Å²) in [5.41, 5.74) is -0.787. The topological polar surface area (TPSA) is 207 Å². The summed E-state index contributed by atoms with van der Waals surface area (Å²) in [4.78, 5) is 38.4. The number of esters is 2. The van der Waals surface area contributed by atoms with Crippen LogP contribution in [-0.4, -0.2) is 87.4 Å². The summed E-state index contributed by atoms with van der Waals surface area (Å²) < 4.78 is 65.0. The summed E-state index contributed by atoms with van der Waals surface area (Å²) in [5.74, 6) is -1.92. The molecule has 16 nitrogen and oxygen atoms in total. The van der Waals surface area contributed by atoms with Crippen molar-refractivity contribution < 1.29 is 50.9 Å². The van der Waals surface area contributed by atoms with Crippen molar-refractivity contribution in [2.45, 2.75) is 143 Å². The molecular formula is C32H59N5O11S. The van der Waals surface area contributed by atoms with Gasteiger partial charge in [0.15, 0.2) is 0 Å². The van der Waals surface area contributed by atoms with E-state index in [1.165, 1.54) is 0 Å². The van der Waals surface area contributed by atoms with E-state index >= 15 is 0 Å². The van der Waals surface area contributed by atoms with Crippen molar-refractivity contribution in [3.8, 4) is 0 Å². The molecule has 0 fully saturated rings. The minimum Gasteiger partial charge on any atom is -0.466 e. The van der Waals surface area contributed by atoms with Crippen LogP contribution in [0.4, 0.5) is 4.79 Å². The second-order valence-electron chi connectivity index (χ2n) is 12.6. The van der Waals surface area contributed by atoms with Crippen LogP contribution in [0.25, 0.3) is 0 Å². The van der Waals surface area contributed by atoms with E-state index in [1.807, 2.05) is 27.7 Å². The Kier molecular flexibility index (Phi) is 21.2. The highest BCUT2D eigenvalue weighted by molar-refractivity contribution is 7.87. The maximum Gasteiger partial charge on any atom is 0.408 e. The van der Waals surface area contributed by atoms with Crippen molar-refractivity contribution in [3.05, 3.63) is 11.8 Å². The number of carbonyl (C=O) groups is 3. The second-order valence-corrected chi connectivity index (χ2v) is 14.1. The van der Waals surface area contributed by atoms with Crippen molar-refractivity contribution in [1.29, 1.82) is 0 Å². The molecule has 0 saturated carbocycles. The van der Waals surface area contributed by atoms with Crippen LogP contribution in [0.3, 0.4) is 0 Å². The lowest BCUT2D eigenvalue weighted by Crippen LogP contribution is -2.53. The highest BCUT2D eigenvalue weighted by atomic mass is 32.2. The lowest BCUT2D eigenvalue weighted by atomic mass is 10.2. The highest BCUT2D eigenvalue weighted by Crippen LogP contribution is 2.22. The third-order valence-corrected chi connectivity index (χ3v) is 7.88. The van der Waals surface area contributed by atoms with E-state index in [0.717, 1.165) is 32.1 Å². The number of amides is 1. The van der Waals surface area contributed by atoms with Gasteiger partial charge in [0.2, 0.25) is 11.8 Å². The molecule has 3 N–H and O–H groups in total. The first-order valence-electron chi connectivity index (χ1n) is 17.3. The molecular weight excluding hydrogens is 662 g/mol. The number of carbonyl (C=O) groups excluding carboxylic acids is 3. The van der Waals surface area contributed by atoms with Crippen LogP contribution in [0.5, 0.6) is 0 Å². The second kappa shape index (κ2) is 23.5. The van der Waals surface area contributed by atoms with Gasteiger partial charge < -0.3 is 33.4 Å². The molecule has 1 aromatic rings. The maximum absolute atomic E-state index is 13.5. The largest absolute Gasteiger partial charge is 0.466 e. The van der Waals surface area contributed by atoms with Gasteiger partial charge >= 0.3 is 18.0 Å². The molecule has 49 heavy (non-hydrogen) atoms. The van der Waals surface area contributed by atoms with Gasteiger partial charge in [-0.05, 0) is 53.4 Å². The summed E-state index contributed by atoms with van der Waals surface area (Å²) in [6.45, 7) is 15.5. The summed E-state index contributed by atoms with van der Waals surface area (Å²) in [6.07, 6.45) is 3.83. The Morgan fingerprint density at radius 3 is 1.94 bits per heavy atom. The molecule has 0 aromatic carbocycles. The van der Waals surface area contributed by atoms with E-state index in [0.29, 0.717) is 32.5 Å². The molecule has 1 unspecified atom stereocenters. The summed E-state index contributed by atoms with van der Waals surface area (Å²) in [7, 11) is -4.55. The average Bonchev–Trinajstić information content (AvgIpc) is 3.51. The lowest BCUT2D eigenvalue weighted by molar-refractivity contribution is -0.149. The summed E-state index contributed by atoms with van der Waals surface area (Å²) >= 11 is 0. The Balaban J connectivity index is 3.37. The minimum atomic E-state index is -4.55. The molecule has 1 rings (SSSR count). The zero-order chi connectivity index (χ0) is 36.9. The Bertz CT molecular complexity index is 1210. The molecule has 1 amide bonds. The number of nitrogens with zero attached hydrogens (tertiary/aromatic N) is 2. The van der Waals surface area contributed by atoms with E-state index < -0.39 is 64.5 Å². The number of hydrogen-bond donors (Lipinski definition) is 3. The predicted molar refractivity (Wildman–Crippen MR) is 181 cm³/mol. The van der Waals surface area contributed by atoms with E-state index in [4.69, 9.17) is 28.1 Å². The van der Waals surface area contributed by atoms with Crippen LogP contribution in [0.1, 0.15) is 137 Å². The van der Waals surface area contributed by atoms with Crippen LogP contribution < -0.4 is 14.8 Å². The standard InChI is InChI=1S/C32H59N5O11S/c1-9-13-17-43-22-25(33-31(40)48-32(6,7)8)29-35-34-28(47-29)24(21-26(38)45-19-15-11-3)36-49(41,42)37-27(23(5)44-18-14-10-2)30(39)46-20-16-12-4/h23-25,27,36-37H,9-22H2,1-8H3,(H,33,40)/t23?,24-,25-,27-/m0/s1. The molecule has 0 aliphatic rings. The van der Waals surface area contributed by atoms with E-state index in [1.54, 1.807) is 27.7 Å².